The van der Waals surface area contributed by atoms with Crippen LogP contribution in [-0.4, -0.2) is 28.3 Å². The number of carbonyl (C=O) groups excluding carboxylic acids is 1. The van der Waals surface area contributed by atoms with Crippen molar-refractivity contribution in [1.29, 1.82) is 0 Å². The summed E-state index contributed by atoms with van der Waals surface area (Å²) in [4.78, 5) is 19.7. The first-order valence-corrected chi connectivity index (χ1v) is 6.27. The van der Waals surface area contributed by atoms with Crippen molar-refractivity contribution in [3.63, 3.8) is 0 Å². The molecule has 9 heteroatoms. The van der Waals surface area contributed by atoms with Gasteiger partial charge in [0.15, 0.2) is 16.0 Å². The minimum absolute atomic E-state index is 0.351. The number of anilines is 1. The Morgan fingerprint density at radius 3 is 2.95 bits per heavy atom. The van der Waals surface area contributed by atoms with Gasteiger partial charge in [0.2, 0.25) is 5.89 Å². The number of methoxy groups -OCH3 is 1. The SMILES string of the molecule is COc1cnc(NC(=O)NC(C)c2nc(C)no2)s1. The minimum Gasteiger partial charge on any atom is -0.486 e. The Morgan fingerprint density at radius 1 is 1.58 bits per heavy atom. The maximum atomic E-state index is 11.7. The van der Waals surface area contributed by atoms with E-state index >= 15 is 0 Å². The molecular weight excluding hydrogens is 270 g/mol. The van der Waals surface area contributed by atoms with Crippen molar-refractivity contribution in [2.75, 3.05) is 12.4 Å². The van der Waals surface area contributed by atoms with Crippen LogP contribution in [0.3, 0.4) is 0 Å². The van der Waals surface area contributed by atoms with Crippen molar-refractivity contribution >= 4 is 22.5 Å². The highest BCUT2D eigenvalue weighted by molar-refractivity contribution is 7.17. The lowest BCUT2D eigenvalue weighted by atomic mass is 10.3. The number of aromatic nitrogens is 3. The summed E-state index contributed by atoms with van der Waals surface area (Å²) in [5, 5.41) is 9.98. The molecule has 102 valence electrons. The fourth-order valence-electron chi connectivity index (χ4n) is 1.29. The Hall–Kier alpha value is -2.16. The lowest BCUT2D eigenvalue weighted by molar-refractivity contribution is 0.245. The summed E-state index contributed by atoms with van der Waals surface area (Å²) in [6.07, 6.45) is 1.53. The fourth-order valence-corrected chi connectivity index (χ4v) is 1.92. The number of carbonyl (C=O) groups is 1. The zero-order valence-corrected chi connectivity index (χ0v) is 11.4. The molecule has 0 spiro atoms. The summed E-state index contributed by atoms with van der Waals surface area (Å²) in [6.45, 7) is 3.45. The number of hydrogen-bond donors (Lipinski definition) is 2. The summed E-state index contributed by atoms with van der Waals surface area (Å²) >= 11 is 1.23. The molecule has 0 radical (unpaired) electrons. The predicted molar refractivity (Wildman–Crippen MR) is 68.3 cm³/mol. The molecule has 8 nitrogen and oxygen atoms in total. The van der Waals surface area contributed by atoms with Crippen LogP contribution in [0.1, 0.15) is 24.7 Å². The number of aryl methyl sites for hydroxylation is 1. The Bertz CT molecular complexity index is 567. The van der Waals surface area contributed by atoms with Crippen molar-refractivity contribution in [2.24, 2.45) is 0 Å². The summed E-state index contributed by atoms with van der Waals surface area (Å²) in [5.41, 5.74) is 0. The molecule has 0 aliphatic rings. The third kappa shape index (κ3) is 3.41. The molecule has 0 saturated carbocycles. The van der Waals surface area contributed by atoms with E-state index in [4.69, 9.17) is 9.26 Å². The smallest absolute Gasteiger partial charge is 0.321 e. The minimum atomic E-state index is -0.402. The molecule has 2 aromatic heterocycles. The maximum absolute atomic E-state index is 11.7. The highest BCUT2D eigenvalue weighted by atomic mass is 32.1. The molecule has 0 aliphatic heterocycles. The fraction of sp³-hybridized carbons (Fsp3) is 0.400. The Labute approximate surface area is 113 Å². The van der Waals surface area contributed by atoms with Gasteiger partial charge in [-0.25, -0.2) is 9.78 Å². The number of ether oxygens (including phenoxy) is 1. The molecule has 2 amide bonds. The first-order valence-electron chi connectivity index (χ1n) is 5.46. The molecule has 0 aliphatic carbocycles. The number of nitrogens with one attached hydrogen (secondary N) is 2. The third-order valence-electron chi connectivity index (χ3n) is 2.17. The van der Waals surface area contributed by atoms with Crippen molar-refractivity contribution in [1.82, 2.24) is 20.4 Å². The van der Waals surface area contributed by atoms with Crippen LogP contribution in [-0.2, 0) is 0 Å². The second kappa shape index (κ2) is 5.65. The largest absolute Gasteiger partial charge is 0.486 e. The number of hydrogen-bond acceptors (Lipinski definition) is 7. The molecule has 2 rings (SSSR count). The van der Waals surface area contributed by atoms with Gasteiger partial charge in [-0.05, 0) is 13.8 Å². The molecule has 1 unspecified atom stereocenters. The van der Waals surface area contributed by atoms with Crippen LogP contribution in [0, 0.1) is 6.92 Å². The molecule has 2 N–H and O–H groups in total. The van der Waals surface area contributed by atoms with Crippen molar-refractivity contribution in [3.8, 4) is 5.06 Å². The van der Waals surface area contributed by atoms with Gasteiger partial charge in [0.25, 0.3) is 0 Å². The van der Waals surface area contributed by atoms with E-state index in [2.05, 4.69) is 25.8 Å². The number of amides is 2. The molecule has 0 aromatic carbocycles. The topological polar surface area (TPSA) is 102 Å². The van der Waals surface area contributed by atoms with Gasteiger partial charge in [-0.2, -0.15) is 4.98 Å². The van der Waals surface area contributed by atoms with Gasteiger partial charge < -0.3 is 14.6 Å². The molecular formula is C10H13N5O3S. The lowest BCUT2D eigenvalue weighted by Crippen LogP contribution is -2.31. The van der Waals surface area contributed by atoms with Crippen LogP contribution in [0.4, 0.5) is 9.93 Å². The van der Waals surface area contributed by atoms with Crippen LogP contribution in [0.5, 0.6) is 5.06 Å². The molecule has 2 aromatic rings. The van der Waals surface area contributed by atoms with E-state index in [1.807, 2.05) is 0 Å². The summed E-state index contributed by atoms with van der Waals surface area (Å²) in [6, 6.07) is -0.789. The van der Waals surface area contributed by atoms with Crippen LogP contribution >= 0.6 is 11.3 Å². The first kappa shape index (κ1) is 13.3. The molecule has 0 fully saturated rings. The Morgan fingerprint density at radius 2 is 2.37 bits per heavy atom. The first-order chi connectivity index (χ1) is 9.08. The zero-order chi connectivity index (χ0) is 13.8. The van der Waals surface area contributed by atoms with E-state index < -0.39 is 6.03 Å². The van der Waals surface area contributed by atoms with Crippen LogP contribution in [0.25, 0.3) is 0 Å². The molecule has 19 heavy (non-hydrogen) atoms. The van der Waals surface area contributed by atoms with E-state index in [9.17, 15) is 4.79 Å². The van der Waals surface area contributed by atoms with E-state index in [0.717, 1.165) is 0 Å². The van der Waals surface area contributed by atoms with Crippen LogP contribution in [0.15, 0.2) is 10.7 Å². The lowest BCUT2D eigenvalue weighted by Gasteiger charge is -2.09. The summed E-state index contributed by atoms with van der Waals surface area (Å²) < 4.78 is 9.94. The number of rotatable bonds is 4. The molecule has 0 saturated heterocycles. The van der Waals surface area contributed by atoms with Gasteiger partial charge in [0.05, 0.1) is 13.3 Å². The number of urea groups is 1. The maximum Gasteiger partial charge on any atom is 0.321 e. The van der Waals surface area contributed by atoms with E-state index in [1.165, 1.54) is 24.6 Å². The van der Waals surface area contributed by atoms with Gasteiger partial charge in [-0.15, -0.1) is 0 Å². The van der Waals surface area contributed by atoms with E-state index in [0.29, 0.717) is 21.9 Å². The highest BCUT2D eigenvalue weighted by Gasteiger charge is 2.16. The normalized spacial score (nSPS) is 11.9. The summed E-state index contributed by atoms with van der Waals surface area (Å²) in [5.74, 6) is 0.873. The van der Waals surface area contributed by atoms with Gasteiger partial charge in [0.1, 0.15) is 6.04 Å². The zero-order valence-electron chi connectivity index (χ0n) is 10.6. The second-order valence-electron chi connectivity index (χ2n) is 3.69. The van der Waals surface area contributed by atoms with Crippen molar-refractivity contribution in [3.05, 3.63) is 17.9 Å². The van der Waals surface area contributed by atoms with Crippen LogP contribution < -0.4 is 15.4 Å². The summed E-state index contributed by atoms with van der Waals surface area (Å²) in [7, 11) is 1.54. The Kier molecular flexibility index (Phi) is 3.95. The Balaban J connectivity index is 1.90. The quantitative estimate of drug-likeness (QED) is 0.885. The van der Waals surface area contributed by atoms with Gasteiger partial charge in [-0.3, -0.25) is 5.32 Å². The van der Waals surface area contributed by atoms with Crippen molar-refractivity contribution < 1.29 is 14.1 Å². The van der Waals surface area contributed by atoms with Crippen molar-refractivity contribution in [2.45, 2.75) is 19.9 Å². The number of thiazole rings is 1. The average Bonchev–Trinajstić information content (AvgIpc) is 2.97. The van der Waals surface area contributed by atoms with E-state index in [1.54, 1.807) is 13.8 Å². The molecule has 2 heterocycles. The standard InChI is InChI=1S/C10H13N5O3S/c1-5(8-13-6(2)15-18-8)12-9(16)14-10-11-4-7(17-3)19-10/h4-5H,1-3H3,(H2,11,12,14,16). The average molecular weight is 283 g/mol. The predicted octanol–water partition coefficient (Wildman–Crippen LogP) is 1.73. The molecule has 0 bridgehead atoms. The molecule has 1 atom stereocenters. The number of nitrogens with zero attached hydrogens (tertiary/aromatic N) is 3. The van der Waals surface area contributed by atoms with Crippen LogP contribution in [0.2, 0.25) is 0 Å². The second-order valence-corrected chi connectivity index (χ2v) is 4.68. The van der Waals surface area contributed by atoms with Gasteiger partial charge in [0, 0.05) is 0 Å². The van der Waals surface area contributed by atoms with Gasteiger partial charge in [-0.1, -0.05) is 16.5 Å². The van der Waals surface area contributed by atoms with E-state index in [-0.39, 0.29) is 6.04 Å². The highest BCUT2D eigenvalue weighted by Crippen LogP contribution is 2.24. The third-order valence-corrected chi connectivity index (χ3v) is 3.04. The monoisotopic (exact) mass is 283 g/mol. The van der Waals surface area contributed by atoms with Gasteiger partial charge >= 0.3 is 6.03 Å².